The van der Waals surface area contributed by atoms with Crippen LogP contribution in [0.2, 0.25) is 0 Å². The number of rotatable bonds is 5. The van der Waals surface area contributed by atoms with Crippen molar-refractivity contribution in [2.24, 2.45) is 0 Å². The van der Waals surface area contributed by atoms with Crippen LogP contribution >= 0.6 is 0 Å². The number of terminal acetylenes is 2. The highest BCUT2D eigenvalue weighted by Gasteiger charge is 1.96. The van der Waals surface area contributed by atoms with E-state index in [2.05, 4.69) is 20.2 Å². The molecule has 0 amide bonds. The minimum atomic E-state index is -1.76. The molecular weight excluding hydrogens is 164 g/mol. The van der Waals surface area contributed by atoms with Gasteiger partial charge in [0, 0.05) is 6.42 Å². The first-order chi connectivity index (χ1) is 5.31. The lowest BCUT2D eigenvalue weighted by Gasteiger charge is -1.97. The second-order valence-corrected chi connectivity index (χ2v) is 2.33. The van der Waals surface area contributed by atoms with Gasteiger partial charge in [0.1, 0.15) is 6.61 Å². The zero-order valence-electron chi connectivity index (χ0n) is 5.91. The van der Waals surface area contributed by atoms with Crippen LogP contribution in [0.4, 0.5) is 0 Å². The van der Waals surface area contributed by atoms with Crippen molar-refractivity contribution in [1.29, 1.82) is 0 Å². The van der Waals surface area contributed by atoms with Gasteiger partial charge >= 0.3 is 11.4 Å². The summed E-state index contributed by atoms with van der Waals surface area (Å²) in [4.78, 5) is 0. The van der Waals surface area contributed by atoms with Crippen LogP contribution in [0, 0.1) is 24.7 Å². The lowest BCUT2D eigenvalue weighted by atomic mass is 10.5. The predicted molar refractivity (Wildman–Crippen MR) is 42.3 cm³/mol. The Hall–Kier alpha value is -0.810. The van der Waals surface area contributed by atoms with E-state index in [9.17, 15) is 4.21 Å². The van der Waals surface area contributed by atoms with Crippen LogP contribution in [-0.4, -0.2) is 17.4 Å². The molecule has 0 aromatic carbocycles. The van der Waals surface area contributed by atoms with Crippen molar-refractivity contribution in [2.75, 3.05) is 13.2 Å². The lowest BCUT2D eigenvalue weighted by Crippen LogP contribution is -2.03. The van der Waals surface area contributed by atoms with Gasteiger partial charge in [-0.3, -0.25) is 8.37 Å². The van der Waals surface area contributed by atoms with E-state index in [1.165, 1.54) is 0 Å². The van der Waals surface area contributed by atoms with E-state index in [0.717, 1.165) is 0 Å². The summed E-state index contributed by atoms with van der Waals surface area (Å²) in [6.45, 7) is 0.191. The van der Waals surface area contributed by atoms with Gasteiger partial charge in [-0.15, -0.1) is 18.8 Å². The molecule has 0 heterocycles. The minimum absolute atomic E-state index is 0.0251. The summed E-state index contributed by atoms with van der Waals surface area (Å²) in [7, 11) is 0. The SMILES string of the molecule is C#CCCOS(=O)OCC#C. The van der Waals surface area contributed by atoms with Crippen molar-refractivity contribution >= 4 is 11.4 Å². The molecule has 60 valence electrons. The van der Waals surface area contributed by atoms with Crippen LogP contribution in [0.25, 0.3) is 0 Å². The molecule has 0 N–H and O–H groups in total. The van der Waals surface area contributed by atoms with Gasteiger partial charge in [-0.05, 0) is 0 Å². The summed E-state index contributed by atoms with van der Waals surface area (Å²) in [6, 6.07) is 0. The largest absolute Gasteiger partial charge is 0.305 e. The predicted octanol–water partition coefficient (Wildman–Crippen LogP) is 0.255. The van der Waals surface area contributed by atoms with E-state index in [0.29, 0.717) is 6.42 Å². The molecule has 3 nitrogen and oxygen atoms in total. The van der Waals surface area contributed by atoms with Crippen molar-refractivity contribution in [3.63, 3.8) is 0 Å². The van der Waals surface area contributed by atoms with Crippen LogP contribution < -0.4 is 0 Å². The third-order valence-corrected chi connectivity index (χ3v) is 1.33. The molecule has 0 aromatic rings. The van der Waals surface area contributed by atoms with Gasteiger partial charge in [0.05, 0.1) is 6.61 Å². The summed E-state index contributed by atoms with van der Waals surface area (Å²) in [6.07, 6.45) is 10.2. The van der Waals surface area contributed by atoms with E-state index in [1.54, 1.807) is 0 Å². The van der Waals surface area contributed by atoms with E-state index in [-0.39, 0.29) is 13.2 Å². The van der Waals surface area contributed by atoms with E-state index >= 15 is 0 Å². The summed E-state index contributed by atoms with van der Waals surface area (Å²) in [5.74, 6) is 4.48. The van der Waals surface area contributed by atoms with Gasteiger partial charge < -0.3 is 0 Å². The lowest BCUT2D eigenvalue weighted by molar-refractivity contribution is 0.274. The van der Waals surface area contributed by atoms with Gasteiger partial charge in [-0.2, -0.15) is 4.21 Å². The average molecular weight is 172 g/mol. The van der Waals surface area contributed by atoms with Crippen LogP contribution in [-0.2, 0) is 19.7 Å². The Morgan fingerprint density at radius 3 is 2.55 bits per heavy atom. The second kappa shape index (κ2) is 7.30. The van der Waals surface area contributed by atoms with E-state index in [4.69, 9.17) is 12.8 Å². The Labute approximate surface area is 68.9 Å². The molecule has 4 heteroatoms. The van der Waals surface area contributed by atoms with Crippen LogP contribution in [0.1, 0.15) is 6.42 Å². The highest BCUT2D eigenvalue weighted by molar-refractivity contribution is 7.75. The quantitative estimate of drug-likeness (QED) is 0.440. The Balaban J connectivity index is 3.26. The molecule has 0 bridgehead atoms. The first kappa shape index (κ1) is 10.2. The first-order valence-electron chi connectivity index (χ1n) is 2.86. The summed E-state index contributed by atoms with van der Waals surface area (Å²) in [5.41, 5.74) is 0. The Bertz CT molecular complexity index is 199. The third kappa shape index (κ3) is 7.08. The molecule has 0 aliphatic carbocycles. The molecule has 1 atom stereocenters. The fourth-order valence-electron chi connectivity index (χ4n) is 0.285. The maximum absolute atomic E-state index is 10.6. The fraction of sp³-hybridized carbons (Fsp3) is 0.429. The third-order valence-electron chi connectivity index (χ3n) is 0.664. The number of hydrogen-bond donors (Lipinski definition) is 0. The highest BCUT2D eigenvalue weighted by atomic mass is 32.2. The number of hydrogen-bond acceptors (Lipinski definition) is 3. The van der Waals surface area contributed by atoms with Gasteiger partial charge in [-0.1, -0.05) is 5.92 Å². The van der Waals surface area contributed by atoms with Gasteiger partial charge in [0.2, 0.25) is 0 Å². The van der Waals surface area contributed by atoms with Gasteiger partial charge in [0.15, 0.2) is 0 Å². The van der Waals surface area contributed by atoms with E-state index < -0.39 is 11.4 Å². The van der Waals surface area contributed by atoms with E-state index in [1.807, 2.05) is 0 Å². The standard InChI is InChI=1S/C7H8O3S/c1-3-5-7-10-11(8)9-6-4-2/h1-2H,5-7H2. The molecular formula is C7H8O3S. The Morgan fingerprint density at radius 2 is 2.00 bits per heavy atom. The van der Waals surface area contributed by atoms with Crippen molar-refractivity contribution in [3.8, 4) is 24.7 Å². The Morgan fingerprint density at radius 1 is 1.27 bits per heavy atom. The zero-order chi connectivity index (χ0) is 8.53. The molecule has 0 rings (SSSR count). The first-order valence-corrected chi connectivity index (χ1v) is 3.86. The normalized spacial score (nSPS) is 11.5. The molecule has 11 heavy (non-hydrogen) atoms. The smallest absolute Gasteiger partial charge is 0.267 e. The highest BCUT2D eigenvalue weighted by Crippen LogP contribution is 1.89. The van der Waals surface area contributed by atoms with Crippen LogP contribution in [0.15, 0.2) is 0 Å². The molecule has 0 fully saturated rings. The molecule has 0 radical (unpaired) electrons. The van der Waals surface area contributed by atoms with Crippen molar-refractivity contribution in [3.05, 3.63) is 0 Å². The zero-order valence-corrected chi connectivity index (χ0v) is 6.73. The molecule has 0 aliphatic heterocycles. The summed E-state index contributed by atoms with van der Waals surface area (Å²) in [5, 5.41) is 0. The fourth-order valence-corrected chi connectivity index (χ4v) is 0.737. The average Bonchev–Trinajstić information content (AvgIpc) is 2.01. The molecule has 0 saturated carbocycles. The molecule has 0 aliphatic rings. The molecule has 1 unspecified atom stereocenters. The second-order valence-electron chi connectivity index (χ2n) is 1.45. The van der Waals surface area contributed by atoms with Gasteiger partial charge in [-0.25, -0.2) is 0 Å². The maximum Gasteiger partial charge on any atom is 0.305 e. The molecule has 0 spiro atoms. The van der Waals surface area contributed by atoms with Crippen LogP contribution in [0.5, 0.6) is 0 Å². The van der Waals surface area contributed by atoms with Crippen LogP contribution in [0.3, 0.4) is 0 Å². The monoisotopic (exact) mass is 172 g/mol. The Kier molecular flexibility index (Phi) is 6.76. The van der Waals surface area contributed by atoms with Crippen molar-refractivity contribution in [1.82, 2.24) is 0 Å². The summed E-state index contributed by atoms with van der Waals surface area (Å²) < 4.78 is 19.7. The van der Waals surface area contributed by atoms with Crippen molar-refractivity contribution < 1.29 is 12.6 Å². The summed E-state index contributed by atoms with van der Waals surface area (Å²) >= 11 is -1.76. The van der Waals surface area contributed by atoms with Gasteiger partial charge in [0.25, 0.3) is 0 Å². The molecule has 0 aromatic heterocycles. The minimum Gasteiger partial charge on any atom is -0.267 e. The van der Waals surface area contributed by atoms with Crippen molar-refractivity contribution in [2.45, 2.75) is 6.42 Å². The molecule has 0 saturated heterocycles. The maximum atomic E-state index is 10.6. The topological polar surface area (TPSA) is 35.5 Å².